The average molecular weight is 433 g/mol. The first-order valence-electron chi connectivity index (χ1n) is 10.1. The van der Waals surface area contributed by atoms with Crippen molar-refractivity contribution < 1.29 is 19.1 Å². The lowest BCUT2D eigenvalue weighted by Gasteiger charge is -2.42. The van der Waals surface area contributed by atoms with Gasteiger partial charge in [-0.15, -0.1) is 11.8 Å². The van der Waals surface area contributed by atoms with Gasteiger partial charge in [-0.3, -0.25) is 9.59 Å². The molecule has 3 N–H and O–H groups in total. The molecule has 3 amide bonds. The summed E-state index contributed by atoms with van der Waals surface area (Å²) in [7, 11) is 1.43. The summed E-state index contributed by atoms with van der Waals surface area (Å²) < 4.78 is 5.83. The van der Waals surface area contributed by atoms with Crippen LogP contribution in [0, 0.1) is 5.92 Å². The molecule has 0 unspecified atom stereocenters. The fraction of sp³-hybridized carbons (Fsp3) is 0.524. The Labute approximate surface area is 180 Å². The summed E-state index contributed by atoms with van der Waals surface area (Å²) in [6.07, 6.45) is 5.27. The van der Waals surface area contributed by atoms with Gasteiger partial charge in [-0.2, -0.15) is 5.10 Å². The van der Waals surface area contributed by atoms with Gasteiger partial charge in [0.2, 0.25) is 0 Å². The number of benzene rings is 1. The lowest BCUT2D eigenvalue weighted by Crippen LogP contribution is -2.52. The number of hydrogen-bond donors (Lipinski definition) is 3. The molecule has 8 nitrogen and oxygen atoms in total. The van der Waals surface area contributed by atoms with Gasteiger partial charge in [0.1, 0.15) is 5.71 Å². The van der Waals surface area contributed by atoms with Crippen LogP contribution in [-0.2, 0) is 14.3 Å². The Morgan fingerprint density at radius 3 is 2.67 bits per heavy atom. The third-order valence-corrected chi connectivity index (χ3v) is 6.55. The number of amides is 3. The van der Waals surface area contributed by atoms with Gasteiger partial charge in [-0.1, -0.05) is 18.2 Å². The second-order valence-corrected chi connectivity index (χ2v) is 8.64. The highest BCUT2D eigenvalue weighted by molar-refractivity contribution is 7.98. The normalized spacial score (nSPS) is 24.3. The molecular weight excluding hydrogens is 404 g/mol. The van der Waals surface area contributed by atoms with Crippen LogP contribution in [0.1, 0.15) is 44.6 Å². The minimum Gasteiger partial charge on any atom is -0.435 e. The summed E-state index contributed by atoms with van der Waals surface area (Å²) in [5, 5.41) is 9.46. The van der Waals surface area contributed by atoms with Gasteiger partial charge < -0.3 is 15.4 Å². The Morgan fingerprint density at radius 1 is 1.30 bits per heavy atom. The van der Waals surface area contributed by atoms with Gasteiger partial charge in [-0.25, -0.2) is 10.2 Å². The molecule has 30 heavy (non-hydrogen) atoms. The van der Waals surface area contributed by atoms with Crippen molar-refractivity contribution in [3.63, 3.8) is 0 Å². The predicted molar refractivity (Wildman–Crippen MR) is 115 cm³/mol. The molecule has 9 heteroatoms. The highest BCUT2D eigenvalue weighted by Gasteiger charge is 2.46. The molecule has 1 aromatic rings. The molecule has 1 aliphatic carbocycles. The van der Waals surface area contributed by atoms with E-state index in [9.17, 15) is 14.4 Å². The van der Waals surface area contributed by atoms with Crippen molar-refractivity contribution in [3.8, 4) is 0 Å². The maximum atomic E-state index is 12.0. The summed E-state index contributed by atoms with van der Waals surface area (Å²) in [6, 6.07) is 7.88. The molecule has 1 aromatic carbocycles. The summed E-state index contributed by atoms with van der Waals surface area (Å²) in [5.41, 5.74) is 3.48. The van der Waals surface area contributed by atoms with Crippen LogP contribution in [0.25, 0.3) is 0 Å². The van der Waals surface area contributed by atoms with E-state index in [1.807, 2.05) is 37.4 Å². The third-order valence-electron chi connectivity index (χ3n) is 5.75. The molecule has 3 rings (SSSR count). The van der Waals surface area contributed by atoms with Crippen molar-refractivity contribution in [2.75, 3.05) is 13.3 Å². The number of nitrogens with one attached hydrogen (secondary N) is 3. The van der Waals surface area contributed by atoms with Crippen molar-refractivity contribution in [1.82, 2.24) is 16.1 Å². The maximum absolute atomic E-state index is 12.0. The Balaban J connectivity index is 1.69. The minimum atomic E-state index is -0.737. The Morgan fingerprint density at radius 2 is 2.00 bits per heavy atom. The highest BCUT2D eigenvalue weighted by Crippen LogP contribution is 2.41. The predicted octanol–water partition coefficient (Wildman–Crippen LogP) is 2.42. The molecule has 0 aromatic heterocycles. The van der Waals surface area contributed by atoms with Crippen LogP contribution in [0.4, 0.5) is 4.79 Å². The molecule has 162 valence electrons. The maximum Gasteiger partial charge on any atom is 0.428 e. The molecule has 1 aliphatic heterocycles. The van der Waals surface area contributed by atoms with Crippen LogP contribution in [0.15, 0.2) is 34.3 Å². The SMILES string of the molecule is CNC(=O)C(=O)N[C@@H](C)CC1CCC2(CC1)OC(=O)NN=C2c1ccccc1SC. The number of ether oxygens (including phenoxy) is 1. The van der Waals surface area contributed by atoms with E-state index in [-0.39, 0.29) is 6.04 Å². The molecule has 1 atom stereocenters. The quantitative estimate of drug-likeness (QED) is 0.489. The number of nitrogens with zero attached hydrogens (tertiary/aromatic N) is 1. The van der Waals surface area contributed by atoms with E-state index in [0.29, 0.717) is 18.8 Å². The zero-order valence-electron chi connectivity index (χ0n) is 17.5. The van der Waals surface area contributed by atoms with Gasteiger partial charge in [0.25, 0.3) is 0 Å². The van der Waals surface area contributed by atoms with E-state index in [0.717, 1.165) is 35.4 Å². The van der Waals surface area contributed by atoms with Gasteiger partial charge >= 0.3 is 17.9 Å². The lowest BCUT2D eigenvalue weighted by atomic mass is 9.73. The van der Waals surface area contributed by atoms with E-state index in [4.69, 9.17) is 4.74 Å². The molecule has 1 heterocycles. The van der Waals surface area contributed by atoms with Crippen LogP contribution in [0.3, 0.4) is 0 Å². The fourth-order valence-corrected chi connectivity index (χ4v) is 4.88. The van der Waals surface area contributed by atoms with Crippen LogP contribution in [0.5, 0.6) is 0 Å². The van der Waals surface area contributed by atoms with Gasteiger partial charge in [0.05, 0.1) is 0 Å². The standard InChI is InChI=1S/C21H28N4O4S/c1-13(23-19(27)18(26)22-2)12-14-8-10-21(11-9-14)17(24-25-20(28)29-21)15-6-4-5-7-16(15)30-3/h4-7,13-14H,8-12H2,1-3H3,(H,22,26)(H,23,27)(H,25,28)/t13-,14?,21?/m0/s1. The van der Waals surface area contributed by atoms with Crippen molar-refractivity contribution in [2.45, 2.75) is 55.6 Å². The molecule has 0 radical (unpaired) electrons. The number of carbonyl (C=O) groups excluding carboxylic acids is 3. The van der Waals surface area contributed by atoms with Gasteiger partial charge in [-0.05, 0) is 57.3 Å². The smallest absolute Gasteiger partial charge is 0.428 e. The molecular formula is C21H28N4O4S. The molecule has 1 fully saturated rings. The molecule has 2 aliphatic rings. The topological polar surface area (TPSA) is 109 Å². The zero-order chi connectivity index (χ0) is 21.7. The molecule has 1 saturated carbocycles. The molecule has 0 bridgehead atoms. The monoisotopic (exact) mass is 432 g/mol. The summed E-state index contributed by atoms with van der Waals surface area (Å²) >= 11 is 1.63. The minimum absolute atomic E-state index is 0.116. The molecule has 1 spiro atoms. The Hall–Kier alpha value is -2.55. The summed E-state index contributed by atoms with van der Waals surface area (Å²) in [4.78, 5) is 36.3. The third kappa shape index (κ3) is 4.77. The van der Waals surface area contributed by atoms with Crippen LogP contribution >= 0.6 is 11.8 Å². The largest absolute Gasteiger partial charge is 0.435 e. The first kappa shape index (κ1) is 22.1. The number of hydrogen-bond acceptors (Lipinski definition) is 6. The van der Waals surface area contributed by atoms with Crippen LogP contribution in [0.2, 0.25) is 0 Å². The van der Waals surface area contributed by atoms with Crippen LogP contribution < -0.4 is 16.1 Å². The Bertz CT molecular complexity index is 849. The number of hydrazone groups is 1. The van der Waals surface area contributed by atoms with E-state index >= 15 is 0 Å². The van der Waals surface area contributed by atoms with Gasteiger partial charge in [0, 0.05) is 23.5 Å². The second kappa shape index (κ2) is 9.51. The van der Waals surface area contributed by atoms with E-state index in [1.54, 1.807) is 11.8 Å². The number of thioether (sulfide) groups is 1. The summed E-state index contributed by atoms with van der Waals surface area (Å²) in [5.74, 6) is -0.895. The first-order valence-corrected chi connectivity index (χ1v) is 11.3. The fourth-order valence-electron chi connectivity index (χ4n) is 4.28. The Kier molecular flexibility index (Phi) is 7.02. The van der Waals surface area contributed by atoms with E-state index in [1.165, 1.54) is 7.05 Å². The molecule has 0 saturated heterocycles. The van der Waals surface area contributed by atoms with Crippen LogP contribution in [-0.4, -0.2) is 48.6 Å². The number of rotatable bonds is 5. The van der Waals surface area contributed by atoms with Gasteiger partial charge in [0.15, 0.2) is 5.60 Å². The lowest BCUT2D eigenvalue weighted by molar-refractivity contribution is -0.139. The van der Waals surface area contributed by atoms with E-state index in [2.05, 4.69) is 21.2 Å². The average Bonchev–Trinajstić information content (AvgIpc) is 2.75. The zero-order valence-corrected chi connectivity index (χ0v) is 18.3. The second-order valence-electron chi connectivity index (χ2n) is 7.79. The van der Waals surface area contributed by atoms with Crippen molar-refractivity contribution in [2.24, 2.45) is 11.0 Å². The first-order chi connectivity index (χ1) is 14.4. The van der Waals surface area contributed by atoms with Crippen molar-refractivity contribution in [3.05, 3.63) is 29.8 Å². The highest BCUT2D eigenvalue weighted by atomic mass is 32.2. The van der Waals surface area contributed by atoms with Crippen molar-refractivity contribution >= 4 is 35.4 Å². The number of carbonyl (C=O) groups is 3. The summed E-state index contributed by atoms with van der Waals surface area (Å²) in [6.45, 7) is 1.90. The number of likely N-dealkylation sites (N-methyl/N-ethyl adjacent to an activating group) is 1. The van der Waals surface area contributed by atoms with Crippen molar-refractivity contribution in [1.29, 1.82) is 0 Å². The van der Waals surface area contributed by atoms with E-state index < -0.39 is 23.5 Å².